The molecule has 1 aliphatic rings. The molecule has 1 fully saturated rings. The number of aromatic amines is 1. The zero-order chi connectivity index (χ0) is 11.3. The second-order valence-electron chi connectivity index (χ2n) is 3.72. The lowest BCUT2D eigenvalue weighted by Gasteiger charge is -2.19. The smallest absolute Gasteiger partial charge is 0.109 e. The maximum atomic E-state index is 5.32. The number of hydrogen-bond acceptors (Lipinski definition) is 2. The summed E-state index contributed by atoms with van der Waals surface area (Å²) >= 11 is 0. The van der Waals surface area contributed by atoms with Crippen LogP contribution >= 0.6 is 0 Å². The van der Waals surface area contributed by atoms with Crippen LogP contribution < -0.4 is 0 Å². The average molecular weight is 210 g/mol. The Morgan fingerprint density at radius 3 is 2.27 bits per heavy atom. The van der Waals surface area contributed by atoms with Gasteiger partial charge in [0.15, 0.2) is 0 Å². The number of nitrogens with zero attached hydrogens (tertiary/aromatic N) is 1. The number of nitrogens with one attached hydrogen (secondary N) is 1. The van der Waals surface area contributed by atoms with Gasteiger partial charge < -0.3 is 9.72 Å². The van der Waals surface area contributed by atoms with Gasteiger partial charge in [-0.25, -0.2) is 4.98 Å². The Bertz CT molecular complexity index is 268. The van der Waals surface area contributed by atoms with Gasteiger partial charge in [0.2, 0.25) is 0 Å². The molecular formula is C12H22N2O. The molecule has 2 rings (SSSR count). The number of ether oxygens (including phenoxy) is 1. The summed E-state index contributed by atoms with van der Waals surface area (Å²) in [6, 6.07) is 0. The number of aryl methyl sites for hydroxylation is 2. The predicted octanol–water partition coefficient (Wildman–Crippen LogP) is 2.95. The summed E-state index contributed by atoms with van der Waals surface area (Å²) in [5.41, 5.74) is 2.32. The lowest BCUT2D eigenvalue weighted by atomic mass is 10.00. The van der Waals surface area contributed by atoms with Crippen molar-refractivity contribution in [2.75, 3.05) is 13.2 Å². The van der Waals surface area contributed by atoms with Crippen LogP contribution in [0.15, 0.2) is 0 Å². The van der Waals surface area contributed by atoms with Crippen LogP contribution in [0, 0.1) is 13.8 Å². The Labute approximate surface area is 92.3 Å². The molecule has 0 saturated carbocycles. The van der Waals surface area contributed by atoms with Crippen LogP contribution in [0.2, 0.25) is 0 Å². The molecule has 3 nitrogen and oxygen atoms in total. The first kappa shape index (κ1) is 12.2. The molecule has 1 saturated heterocycles. The molecule has 0 aliphatic carbocycles. The van der Waals surface area contributed by atoms with E-state index in [0.717, 1.165) is 37.6 Å². The maximum Gasteiger partial charge on any atom is 0.109 e. The molecule has 1 aromatic rings. The summed E-state index contributed by atoms with van der Waals surface area (Å²) in [6.45, 7) is 9.88. The molecule has 0 radical (unpaired) electrons. The van der Waals surface area contributed by atoms with Gasteiger partial charge in [-0.3, -0.25) is 0 Å². The van der Waals surface area contributed by atoms with E-state index in [0.29, 0.717) is 5.92 Å². The minimum absolute atomic E-state index is 0.584. The topological polar surface area (TPSA) is 37.9 Å². The standard InChI is InChI=1S/C10H16N2O.C2H6/c1-7-8(2)12-10(11-7)9-3-5-13-6-4-9;1-2/h9H,3-6H2,1-2H3,(H,11,12);1-2H3. The molecule has 3 heteroatoms. The third kappa shape index (κ3) is 3.06. The monoisotopic (exact) mass is 210 g/mol. The van der Waals surface area contributed by atoms with Crippen molar-refractivity contribution in [3.05, 3.63) is 17.2 Å². The maximum absolute atomic E-state index is 5.32. The average Bonchev–Trinajstić information content (AvgIpc) is 2.63. The fourth-order valence-electron chi connectivity index (χ4n) is 1.74. The highest BCUT2D eigenvalue weighted by molar-refractivity contribution is 5.13. The molecular weight excluding hydrogens is 188 g/mol. The number of rotatable bonds is 1. The summed E-state index contributed by atoms with van der Waals surface area (Å²) in [6.07, 6.45) is 2.21. The molecule has 15 heavy (non-hydrogen) atoms. The minimum Gasteiger partial charge on any atom is -0.381 e. The highest BCUT2D eigenvalue weighted by Crippen LogP contribution is 2.24. The van der Waals surface area contributed by atoms with Gasteiger partial charge in [-0.05, 0) is 26.7 Å². The SMILES string of the molecule is CC.Cc1nc(C2CCOCC2)[nH]c1C. The molecule has 1 N–H and O–H groups in total. The summed E-state index contributed by atoms with van der Waals surface area (Å²) in [5, 5.41) is 0. The van der Waals surface area contributed by atoms with E-state index in [1.54, 1.807) is 0 Å². The van der Waals surface area contributed by atoms with Gasteiger partial charge in [0.25, 0.3) is 0 Å². The molecule has 0 aromatic carbocycles. The summed E-state index contributed by atoms with van der Waals surface area (Å²) in [5.74, 6) is 1.74. The van der Waals surface area contributed by atoms with E-state index < -0.39 is 0 Å². The van der Waals surface area contributed by atoms with Gasteiger partial charge >= 0.3 is 0 Å². The lowest BCUT2D eigenvalue weighted by Crippen LogP contribution is -2.15. The van der Waals surface area contributed by atoms with E-state index in [4.69, 9.17) is 4.74 Å². The van der Waals surface area contributed by atoms with Crippen molar-refractivity contribution in [3.63, 3.8) is 0 Å². The second kappa shape index (κ2) is 5.91. The number of imidazole rings is 1. The van der Waals surface area contributed by atoms with Crippen molar-refractivity contribution in [3.8, 4) is 0 Å². The van der Waals surface area contributed by atoms with Crippen molar-refractivity contribution in [1.29, 1.82) is 0 Å². The van der Waals surface area contributed by atoms with Crippen LogP contribution in [0.4, 0.5) is 0 Å². The van der Waals surface area contributed by atoms with E-state index in [2.05, 4.69) is 23.8 Å². The second-order valence-corrected chi connectivity index (χ2v) is 3.72. The molecule has 86 valence electrons. The number of aromatic nitrogens is 2. The zero-order valence-electron chi connectivity index (χ0n) is 10.3. The Hall–Kier alpha value is -0.830. The highest BCUT2D eigenvalue weighted by atomic mass is 16.5. The van der Waals surface area contributed by atoms with Crippen LogP contribution in [-0.4, -0.2) is 23.2 Å². The van der Waals surface area contributed by atoms with Crippen molar-refractivity contribution < 1.29 is 4.74 Å². The Morgan fingerprint density at radius 2 is 1.80 bits per heavy atom. The molecule has 2 heterocycles. The molecule has 0 atom stereocenters. The Morgan fingerprint density at radius 1 is 1.20 bits per heavy atom. The third-order valence-electron chi connectivity index (χ3n) is 2.75. The van der Waals surface area contributed by atoms with Crippen LogP contribution in [0.5, 0.6) is 0 Å². The van der Waals surface area contributed by atoms with Crippen molar-refractivity contribution in [2.45, 2.75) is 46.5 Å². The Kier molecular flexibility index (Phi) is 4.82. The van der Waals surface area contributed by atoms with Gasteiger partial charge in [-0.1, -0.05) is 13.8 Å². The number of hydrogen-bond donors (Lipinski definition) is 1. The van der Waals surface area contributed by atoms with Crippen LogP contribution in [0.1, 0.15) is 49.8 Å². The van der Waals surface area contributed by atoms with E-state index in [1.807, 2.05) is 13.8 Å². The number of H-pyrrole nitrogens is 1. The van der Waals surface area contributed by atoms with Crippen molar-refractivity contribution >= 4 is 0 Å². The van der Waals surface area contributed by atoms with Crippen LogP contribution in [-0.2, 0) is 4.74 Å². The first-order valence-electron chi connectivity index (χ1n) is 5.88. The van der Waals surface area contributed by atoms with E-state index in [9.17, 15) is 0 Å². The molecule has 0 spiro atoms. The van der Waals surface area contributed by atoms with Gasteiger partial charge in [-0.15, -0.1) is 0 Å². The van der Waals surface area contributed by atoms with Crippen LogP contribution in [0.3, 0.4) is 0 Å². The van der Waals surface area contributed by atoms with E-state index in [1.165, 1.54) is 5.69 Å². The van der Waals surface area contributed by atoms with Crippen molar-refractivity contribution in [2.24, 2.45) is 0 Å². The van der Waals surface area contributed by atoms with Gasteiger partial charge in [-0.2, -0.15) is 0 Å². The first-order chi connectivity index (χ1) is 7.27. The van der Waals surface area contributed by atoms with Gasteiger partial charge in [0, 0.05) is 24.8 Å². The quantitative estimate of drug-likeness (QED) is 0.774. The third-order valence-corrected chi connectivity index (χ3v) is 2.75. The van der Waals surface area contributed by atoms with Crippen molar-refractivity contribution in [1.82, 2.24) is 9.97 Å². The highest BCUT2D eigenvalue weighted by Gasteiger charge is 2.18. The van der Waals surface area contributed by atoms with E-state index >= 15 is 0 Å². The molecule has 1 aromatic heterocycles. The molecule has 0 unspecified atom stereocenters. The first-order valence-corrected chi connectivity index (χ1v) is 5.88. The molecule has 0 bridgehead atoms. The zero-order valence-corrected chi connectivity index (χ0v) is 10.3. The summed E-state index contributed by atoms with van der Waals surface area (Å²) in [7, 11) is 0. The van der Waals surface area contributed by atoms with Gasteiger partial charge in [0.05, 0.1) is 5.69 Å². The largest absolute Gasteiger partial charge is 0.381 e. The van der Waals surface area contributed by atoms with Crippen LogP contribution in [0.25, 0.3) is 0 Å². The molecule has 0 amide bonds. The van der Waals surface area contributed by atoms with Gasteiger partial charge in [0.1, 0.15) is 5.82 Å². The lowest BCUT2D eigenvalue weighted by molar-refractivity contribution is 0.0837. The predicted molar refractivity (Wildman–Crippen MR) is 62.2 cm³/mol. The fraction of sp³-hybridized carbons (Fsp3) is 0.750. The molecule has 1 aliphatic heterocycles. The Balaban J connectivity index is 0.000000531. The summed E-state index contributed by atoms with van der Waals surface area (Å²) in [4.78, 5) is 7.87. The van der Waals surface area contributed by atoms with E-state index in [-0.39, 0.29) is 0 Å². The summed E-state index contributed by atoms with van der Waals surface area (Å²) < 4.78 is 5.32. The minimum atomic E-state index is 0.584. The fourth-order valence-corrected chi connectivity index (χ4v) is 1.74. The normalized spacial score (nSPS) is 17.1.